The molecular weight excluding hydrogens is 448 g/mol. The third-order valence-electron chi connectivity index (χ3n) is 4.13. The largest absolute Gasteiger partial charge is 0.372 e. The molecule has 0 N–H and O–H groups in total. The Hall–Kier alpha value is 0.620. The van der Waals surface area contributed by atoms with Crippen molar-refractivity contribution in [1.29, 1.82) is 0 Å². The van der Waals surface area contributed by atoms with E-state index in [1.807, 2.05) is 0 Å². The average Bonchev–Trinajstić information content (AvgIpc) is 2.76. The zero-order valence-corrected chi connectivity index (χ0v) is 16.7. The number of alkyl halides is 2. The molecule has 0 amide bonds. The molecule has 20 heavy (non-hydrogen) atoms. The Morgan fingerprint density at radius 1 is 1.25 bits per heavy atom. The molecule has 1 aliphatic heterocycles. The molecule has 0 aromatic heterocycles. The quantitative estimate of drug-likeness (QED) is 0.494. The van der Waals surface area contributed by atoms with Gasteiger partial charge in [-0.3, -0.25) is 0 Å². The third-order valence-corrected chi connectivity index (χ3v) is 6.97. The van der Waals surface area contributed by atoms with Crippen LogP contribution in [0, 0.1) is 0 Å². The lowest BCUT2D eigenvalue weighted by molar-refractivity contribution is -0.0247. The van der Waals surface area contributed by atoms with Gasteiger partial charge in [-0.05, 0) is 44.7 Å². The van der Waals surface area contributed by atoms with Crippen LogP contribution in [0.2, 0.25) is 0 Å². The Kier molecular flexibility index (Phi) is 5.78. The molecule has 0 aliphatic carbocycles. The van der Waals surface area contributed by atoms with Crippen molar-refractivity contribution in [3.8, 4) is 0 Å². The van der Waals surface area contributed by atoms with Crippen molar-refractivity contribution in [2.24, 2.45) is 0 Å². The molecule has 1 aliphatic rings. The van der Waals surface area contributed by atoms with E-state index in [-0.39, 0.29) is 11.0 Å². The molecule has 1 unspecified atom stereocenters. The second-order valence-corrected chi connectivity index (χ2v) is 8.25. The Morgan fingerprint density at radius 2 is 1.90 bits per heavy atom. The molecule has 0 bridgehead atoms. The average molecular weight is 469 g/mol. The maximum atomic E-state index is 6.21. The molecular formula is C16H21Br3O. The van der Waals surface area contributed by atoms with Gasteiger partial charge < -0.3 is 4.74 Å². The second-order valence-electron chi connectivity index (χ2n) is 6.27. The van der Waals surface area contributed by atoms with Crippen molar-refractivity contribution >= 4 is 47.8 Å². The molecule has 4 heteroatoms. The first-order chi connectivity index (χ1) is 9.42. The molecule has 2 rings (SSSR count). The Balaban J connectivity index is 2.25. The maximum absolute atomic E-state index is 6.21. The van der Waals surface area contributed by atoms with E-state index < -0.39 is 0 Å². The van der Waals surface area contributed by atoms with E-state index in [1.165, 1.54) is 10.0 Å². The molecule has 1 nitrogen and oxygen atoms in total. The van der Waals surface area contributed by atoms with Crippen LogP contribution in [0.3, 0.4) is 0 Å². The van der Waals surface area contributed by atoms with Crippen molar-refractivity contribution in [3.63, 3.8) is 0 Å². The van der Waals surface area contributed by atoms with Crippen molar-refractivity contribution in [2.45, 2.75) is 50.2 Å². The van der Waals surface area contributed by atoms with Gasteiger partial charge in [0.15, 0.2) is 0 Å². The van der Waals surface area contributed by atoms with Crippen LogP contribution in [0.5, 0.6) is 0 Å². The van der Waals surface area contributed by atoms with Gasteiger partial charge in [0.1, 0.15) is 0 Å². The number of hydrogen-bond acceptors (Lipinski definition) is 1. The fourth-order valence-corrected chi connectivity index (χ4v) is 5.64. The summed E-state index contributed by atoms with van der Waals surface area (Å²) in [6.45, 7) is 4.38. The summed E-state index contributed by atoms with van der Waals surface area (Å²) in [5.41, 5.74) is 1.44. The van der Waals surface area contributed by atoms with Crippen molar-refractivity contribution < 1.29 is 4.74 Å². The molecule has 1 aromatic rings. The molecule has 1 saturated heterocycles. The highest BCUT2D eigenvalue weighted by Gasteiger charge is 2.39. The molecule has 112 valence electrons. The normalized spacial score (nSPS) is 22.1. The fraction of sp³-hybridized carbons (Fsp3) is 0.625. The standard InChI is InChI=1S/C16H21Br3O/c1-15(2)8-7-12(20-15)9-16(10-17,11-18)13-5-3-4-6-14(13)19/h3-6,12H,7-11H2,1-2H3. The fourth-order valence-electron chi connectivity index (χ4n) is 2.95. The number of halogens is 3. The summed E-state index contributed by atoms with van der Waals surface area (Å²) < 4.78 is 7.39. The van der Waals surface area contributed by atoms with Crippen molar-refractivity contribution in [3.05, 3.63) is 34.3 Å². The van der Waals surface area contributed by atoms with Crippen LogP contribution in [-0.4, -0.2) is 22.4 Å². The summed E-state index contributed by atoms with van der Waals surface area (Å²) in [5, 5.41) is 1.85. The molecule has 1 atom stereocenters. The Labute approximate surface area is 147 Å². The number of rotatable bonds is 5. The zero-order valence-electron chi connectivity index (χ0n) is 12.0. The van der Waals surface area contributed by atoms with Gasteiger partial charge in [0, 0.05) is 20.5 Å². The highest BCUT2D eigenvalue weighted by molar-refractivity contribution is 9.10. The van der Waals surface area contributed by atoms with Gasteiger partial charge >= 0.3 is 0 Å². The van der Waals surface area contributed by atoms with Crippen LogP contribution < -0.4 is 0 Å². The summed E-state index contributed by atoms with van der Waals surface area (Å²) in [6, 6.07) is 8.51. The van der Waals surface area contributed by atoms with E-state index in [2.05, 4.69) is 85.9 Å². The summed E-state index contributed by atoms with van der Waals surface area (Å²) in [6.07, 6.45) is 3.68. The molecule has 0 saturated carbocycles. The summed E-state index contributed by atoms with van der Waals surface area (Å²) in [5.74, 6) is 0. The maximum Gasteiger partial charge on any atom is 0.0631 e. The third kappa shape index (κ3) is 3.68. The van der Waals surface area contributed by atoms with E-state index in [0.717, 1.165) is 29.9 Å². The first kappa shape index (κ1) is 17.0. The predicted molar refractivity (Wildman–Crippen MR) is 96.2 cm³/mol. The van der Waals surface area contributed by atoms with Gasteiger partial charge in [-0.25, -0.2) is 0 Å². The number of hydrogen-bond donors (Lipinski definition) is 0. The minimum Gasteiger partial charge on any atom is -0.372 e. The van der Waals surface area contributed by atoms with Crippen molar-refractivity contribution in [2.75, 3.05) is 10.7 Å². The van der Waals surface area contributed by atoms with Gasteiger partial charge in [-0.1, -0.05) is 66.0 Å². The molecule has 1 aromatic carbocycles. The smallest absolute Gasteiger partial charge is 0.0631 e. The highest BCUT2D eigenvalue weighted by Crippen LogP contribution is 2.42. The molecule has 1 fully saturated rings. The molecule has 0 spiro atoms. The van der Waals surface area contributed by atoms with E-state index >= 15 is 0 Å². The van der Waals surface area contributed by atoms with Gasteiger partial charge in [-0.2, -0.15) is 0 Å². The lowest BCUT2D eigenvalue weighted by atomic mass is 9.79. The van der Waals surface area contributed by atoms with Crippen LogP contribution in [0.25, 0.3) is 0 Å². The minimum atomic E-state index is 0.0307. The first-order valence-electron chi connectivity index (χ1n) is 6.97. The monoisotopic (exact) mass is 466 g/mol. The Morgan fingerprint density at radius 3 is 2.40 bits per heavy atom. The minimum absolute atomic E-state index is 0.0307. The summed E-state index contributed by atoms with van der Waals surface area (Å²) in [4.78, 5) is 0. The van der Waals surface area contributed by atoms with E-state index in [4.69, 9.17) is 4.74 Å². The van der Waals surface area contributed by atoms with Gasteiger partial charge in [0.2, 0.25) is 0 Å². The highest BCUT2D eigenvalue weighted by atomic mass is 79.9. The van der Waals surface area contributed by atoms with Crippen LogP contribution in [0.4, 0.5) is 0 Å². The van der Waals surface area contributed by atoms with Gasteiger partial charge in [-0.15, -0.1) is 0 Å². The van der Waals surface area contributed by atoms with Crippen LogP contribution in [0.15, 0.2) is 28.7 Å². The SMILES string of the molecule is CC1(C)CCC(CC(CBr)(CBr)c2ccccc2Br)O1. The van der Waals surface area contributed by atoms with Crippen LogP contribution >= 0.6 is 47.8 Å². The first-order valence-corrected chi connectivity index (χ1v) is 10.0. The van der Waals surface area contributed by atoms with Crippen LogP contribution in [0.1, 0.15) is 38.7 Å². The lowest BCUT2D eigenvalue weighted by Gasteiger charge is -2.34. The Bertz CT molecular complexity index is 455. The molecule has 0 radical (unpaired) electrons. The lowest BCUT2D eigenvalue weighted by Crippen LogP contribution is -2.35. The van der Waals surface area contributed by atoms with E-state index in [1.54, 1.807) is 0 Å². The van der Waals surface area contributed by atoms with E-state index in [0.29, 0.717) is 6.10 Å². The van der Waals surface area contributed by atoms with Gasteiger partial charge in [0.25, 0.3) is 0 Å². The second kappa shape index (κ2) is 6.80. The van der Waals surface area contributed by atoms with E-state index in [9.17, 15) is 0 Å². The van der Waals surface area contributed by atoms with Gasteiger partial charge in [0.05, 0.1) is 11.7 Å². The number of benzene rings is 1. The molecule has 1 heterocycles. The predicted octanol–water partition coefficient (Wildman–Crippen LogP) is 5.82. The summed E-state index contributed by atoms with van der Waals surface area (Å²) >= 11 is 11.2. The zero-order chi connectivity index (χ0) is 14.8. The van der Waals surface area contributed by atoms with Crippen molar-refractivity contribution in [1.82, 2.24) is 0 Å². The number of ether oxygens (including phenoxy) is 1. The van der Waals surface area contributed by atoms with Crippen LogP contribution in [-0.2, 0) is 10.2 Å². The topological polar surface area (TPSA) is 9.23 Å². The summed E-state index contributed by atoms with van der Waals surface area (Å²) in [7, 11) is 0.